The van der Waals surface area contributed by atoms with Gasteiger partial charge >= 0.3 is 0 Å². The standard InChI is InChI=1S/C24H25N5O2/c1-28(2)20-12-13-29(16-20)24(31)18-10-8-17(9-11-18)21-14-25-15-22(27-21)23(30)26-19-6-4-3-5-7-19/h3-11,14-15,20H,12-13,16H2,1-2H3,(H,26,30). The molecule has 1 aliphatic heterocycles. The van der Waals surface area contributed by atoms with E-state index in [1.807, 2.05) is 61.5 Å². The Bertz CT molecular complexity index is 1070. The number of likely N-dealkylation sites (tertiary alicyclic amines) is 1. The minimum Gasteiger partial charge on any atom is -0.337 e. The third-order valence-electron chi connectivity index (χ3n) is 5.51. The zero-order valence-corrected chi connectivity index (χ0v) is 17.7. The van der Waals surface area contributed by atoms with Crippen molar-refractivity contribution in [2.24, 2.45) is 0 Å². The summed E-state index contributed by atoms with van der Waals surface area (Å²) in [7, 11) is 4.09. The Morgan fingerprint density at radius 1 is 1.03 bits per heavy atom. The maximum atomic E-state index is 12.8. The molecule has 2 aromatic carbocycles. The van der Waals surface area contributed by atoms with E-state index in [1.165, 1.54) is 6.20 Å². The van der Waals surface area contributed by atoms with Crippen LogP contribution in [0, 0.1) is 0 Å². The maximum absolute atomic E-state index is 12.8. The molecule has 7 nitrogen and oxygen atoms in total. The van der Waals surface area contributed by atoms with E-state index >= 15 is 0 Å². The molecule has 1 atom stereocenters. The van der Waals surface area contributed by atoms with Crippen LogP contribution in [0.15, 0.2) is 67.0 Å². The lowest BCUT2D eigenvalue weighted by Crippen LogP contribution is -2.34. The van der Waals surface area contributed by atoms with Gasteiger partial charge in [0.1, 0.15) is 5.69 Å². The largest absolute Gasteiger partial charge is 0.337 e. The van der Waals surface area contributed by atoms with Crippen molar-refractivity contribution in [1.29, 1.82) is 0 Å². The predicted octanol–water partition coefficient (Wildman–Crippen LogP) is 3.17. The highest BCUT2D eigenvalue weighted by molar-refractivity contribution is 6.03. The number of carbonyl (C=O) groups excluding carboxylic acids is 2. The number of benzene rings is 2. The third kappa shape index (κ3) is 4.78. The smallest absolute Gasteiger partial charge is 0.275 e. The molecule has 2 heterocycles. The molecule has 31 heavy (non-hydrogen) atoms. The molecule has 1 N–H and O–H groups in total. The normalized spacial score (nSPS) is 15.8. The first kappa shape index (κ1) is 20.7. The summed E-state index contributed by atoms with van der Waals surface area (Å²) in [4.78, 5) is 38.0. The van der Waals surface area contributed by atoms with Gasteiger partial charge in [-0.2, -0.15) is 0 Å². The lowest BCUT2D eigenvalue weighted by Gasteiger charge is -2.20. The number of nitrogens with one attached hydrogen (secondary N) is 1. The van der Waals surface area contributed by atoms with Gasteiger partial charge in [0.2, 0.25) is 0 Å². The van der Waals surface area contributed by atoms with Gasteiger partial charge in [0.05, 0.1) is 18.1 Å². The number of anilines is 1. The van der Waals surface area contributed by atoms with Crippen molar-refractivity contribution in [3.05, 3.63) is 78.2 Å². The monoisotopic (exact) mass is 415 g/mol. The Balaban J connectivity index is 1.46. The summed E-state index contributed by atoms with van der Waals surface area (Å²) in [5, 5.41) is 2.81. The maximum Gasteiger partial charge on any atom is 0.275 e. The predicted molar refractivity (Wildman–Crippen MR) is 120 cm³/mol. The van der Waals surface area contributed by atoms with Crippen LogP contribution in [0.2, 0.25) is 0 Å². The molecule has 0 aliphatic carbocycles. The molecule has 1 fully saturated rings. The second kappa shape index (κ2) is 9.06. The fraction of sp³-hybridized carbons (Fsp3) is 0.250. The topological polar surface area (TPSA) is 78.4 Å². The second-order valence-electron chi connectivity index (χ2n) is 7.84. The third-order valence-corrected chi connectivity index (χ3v) is 5.51. The minimum absolute atomic E-state index is 0.0398. The minimum atomic E-state index is -0.322. The van der Waals surface area contributed by atoms with Crippen LogP contribution in [0.1, 0.15) is 27.3 Å². The molecule has 0 spiro atoms. The Labute approximate surface area is 181 Å². The molecular formula is C24H25N5O2. The molecular weight excluding hydrogens is 390 g/mol. The zero-order chi connectivity index (χ0) is 21.8. The van der Waals surface area contributed by atoms with Crippen molar-refractivity contribution in [3.63, 3.8) is 0 Å². The molecule has 0 bridgehead atoms. The summed E-state index contributed by atoms with van der Waals surface area (Å²) in [5.41, 5.74) is 2.95. The molecule has 1 unspecified atom stereocenters. The second-order valence-corrected chi connectivity index (χ2v) is 7.84. The van der Waals surface area contributed by atoms with Crippen molar-refractivity contribution in [3.8, 4) is 11.3 Å². The van der Waals surface area contributed by atoms with Gasteiger partial charge in [0.25, 0.3) is 11.8 Å². The molecule has 3 aromatic rings. The summed E-state index contributed by atoms with van der Waals surface area (Å²) < 4.78 is 0. The van der Waals surface area contributed by atoms with E-state index < -0.39 is 0 Å². The Morgan fingerprint density at radius 2 is 1.77 bits per heavy atom. The van der Waals surface area contributed by atoms with E-state index in [-0.39, 0.29) is 17.5 Å². The van der Waals surface area contributed by atoms with Crippen molar-refractivity contribution >= 4 is 17.5 Å². The number of para-hydroxylation sites is 1. The highest BCUT2D eigenvalue weighted by atomic mass is 16.2. The van der Waals surface area contributed by atoms with Crippen molar-refractivity contribution in [1.82, 2.24) is 19.8 Å². The van der Waals surface area contributed by atoms with Gasteiger partial charge in [-0.25, -0.2) is 4.98 Å². The van der Waals surface area contributed by atoms with Crippen LogP contribution in [-0.2, 0) is 0 Å². The highest BCUT2D eigenvalue weighted by Crippen LogP contribution is 2.20. The molecule has 158 valence electrons. The number of nitrogens with zero attached hydrogens (tertiary/aromatic N) is 4. The molecule has 1 aliphatic rings. The van der Waals surface area contributed by atoms with Crippen LogP contribution in [0.4, 0.5) is 5.69 Å². The van der Waals surface area contributed by atoms with E-state index in [2.05, 4.69) is 20.2 Å². The number of aromatic nitrogens is 2. The van der Waals surface area contributed by atoms with Gasteiger partial charge < -0.3 is 15.1 Å². The lowest BCUT2D eigenvalue weighted by molar-refractivity contribution is 0.0783. The Hall–Kier alpha value is -3.58. The van der Waals surface area contributed by atoms with Crippen LogP contribution in [0.25, 0.3) is 11.3 Å². The molecule has 0 saturated carbocycles. The van der Waals surface area contributed by atoms with Gasteiger partial charge in [0.15, 0.2) is 0 Å². The van der Waals surface area contributed by atoms with E-state index in [9.17, 15) is 9.59 Å². The number of hydrogen-bond donors (Lipinski definition) is 1. The fourth-order valence-electron chi connectivity index (χ4n) is 3.64. The summed E-state index contributed by atoms with van der Waals surface area (Å²) in [6, 6.07) is 16.9. The van der Waals surface area contributed by atoms with Crippen LogP contribution < -0.4 is 5.32 Å². The van der Waals surface area contributed by atoms with Gasteiger partial charge in [-0.15, -0.1) is 0 Å². The van der Waals surface area contributed by atoms with Crippen molar-refractivity contribution in [2.75, 3.05) is 32.5 Å². The summed E-state index contributed by atoms with van der Waals surface area (Å²) in [5.74, 6) is -0.283. The van der Waals surface area contributed by atoms with Gasteiger partial charge in [-0.1, -0.05) is 30.3 Å². The average molecular weight is 415 g/mol. The fourth-order valence-corrected chi connectivity index (χ4v) is 3.64. The number of likely N-dealkylation sites (N-methyl/N-ethyl adjacent to an activating group) is 1. The number of amides is 2. The van der Waals surface area contributed by atoms with Crippen LogP contribution >= 0.6 is 0 Å². The van der Waals surface area contributed by atoms with Gasteiger partial charge in [0, 0.05) is 35.9 Å². The molecule has 2 amide bonds. The average Bonchev–Trinajstić information content (AvgIpc) is 3.30. The van der Waals surface area contributed by atoms with E-state index in [4.69, 9.17) is 0 Å². The number of rotatable bonds is 5. The van der Waals surface area contributed by atoms with Crippen molar-refractivity contribution in [2.45, 2.75) is 12.5 Å². The van der Waals surface area contributed by atoms with Crippen LogP contribution in [0.3, 0.4) is 0 Å². The quantitative estimate of drug-likeness (QED) is 0.693. The first-order valence-electron chi connectivity index (χ1n) is 10.3. The Morgan fingerprint density at radius 3 is 2.45 bits per heavy atom. The number of hydrogen-bond acceptors (Lipinski definition) is 5. The lowest BCUT2D eigenvalue weighted by atomic mass is 10.1. The molecule has 1 aromatic heterocycles. The number of carbonyl (C=O) groups is 2. The Kier molecular flexibility index (Phi) is 6.04. The van der Waals surface area contributed by atoms with E-state index in [1.54, 1.807) is 18.3 Å². The first-order chi connectivity index (χ1) is 15.0. The highest BCUT2D eigenvalue weighted by Gasteiger charge is 2.28. The zero-order valence-electron chi connectivity index (χ0n) is 17.7. The molecule has 4 rings (SSSR count). The summed E-state index contributed by atoms with van der Waals surface area (Å²) in [6.07, 6.45) is 4.04. The van der Waals surface area contributed by atoms with E-state index in [0.717, 1.165) is 25.1 Å². The van der Waals surface area contributed by atoms with Crippen molar-refractivity contribution < 1.29 is 9.59 Å². The van der Waals surface area contributed by atoms with Crippen LogP contribution in [-0.4, -0.2) is 64.8 Å². The van der Waals surface area contributed by atoms with Gasteiger partial charge in [-0.3, -0.25) is 14.6 Å². The van der Waals surface area contributed by atoms with E-state index in [0.29, 0.717) is 23.0 Å². The first-order valence-corrected chi connectivity index (χ1v) is 10.3. The van der Waals surface area contributed by atoms with Crippen LogP contribution in [0.5, 0.6) is 0 Å². The summed E-state index contributed by atoms with van der Waals surface area (Å²) >= 11 is 0. The SMILES string of the molecule is CN(C)C1CCN(C(=O)c2ccc(-c3cncc(C(=O)Nc4ccccc4)n3)cc2)C1. The molecule has 0 radical (unpaired) electrons. The molecule has 7 heteroatoms. The summed E-state index contributed by atoms with van der Waals surface area (Å²) in [6.45, 7) is 1.52. The van der Waals surface area contributed by atoms with Gasteiger partial charge in [-0.05, 0) is 44.8 Å². The molecule has 1 saturated heterocycles.